The van der Waals surface area contributed by atoms with Crippen LogP contribution in [0.2, 0.25) is 0 Å². The summed E-state index contributed by atoms with van der Waals surface area (Å²) in [6.45, 7) is 6.36. The molecule has 2 aliphatic rings. The van der Waals surface area contributed by atoms with Gasteiger partial charge in [-0.1, -0.05) is 0 Å². The standard InChI is InChI=1S/C11H23N3O3S.ClH/c1-9-8-17-10(2)7-14(9)18(15,16)13-11-4-3-5-12-6-11;/h9-13H,3-8H2,1-2H3;1H. The lowest BCUT2D eigenvalue weighted by molar-refractivity contribution is -0.0176. The molecule has 0 saturated carbocycles. The Bertz CT molecular complexity index is 373. The molecule has 2 aliphatic heterocycles. The molecule has 2 N–H and O–H groups in total. The van der Waals surface area contributed by atoms with E-state index in [1.165, 1.54) is 4.31 Å². The van der Waals surface area contributed by atoms with Crippen LogP contribution in [0, 0.1) is 0 Å². The van der Waals surface area contributed by atoms with E-state index in [-0.39, 0.29) is 30.6 Å². The largest absolute Gasteiger partial charge is 0.375 e. The molecule has 2 fully saturated rings. The van der Waals surface area contributed by atoms with Gasteiger partial charge in [0.15, 0.2) is 0 Å². The quantitative estimate of drug-likeness (QED) is 0.775. The van der Waals surface area contributed by atoms with E-state index < -0.39 is 10.2 Å². The van der Waals surface area contributed by atoms with Crippen LogP contribution in [0.3, 0.4) is 0 Å². The predicted octanol–water partition coefficient (Wildman–Crippen LogP) is 0.104. The van der Waals surface area contributed by atoms with Crippen molar-refractivity contribution in [1.82, 2.24) is 14.3 Å². The second kappa shape index (κ2) is 7.19. The lowest BCUT2D eigenvalue weighted by atomic mass is 10.1. The van der Waals surface area contributed by atoms with E-state index in [0.717, 1.165) is 19.4 Å². The molecule has 114 valence electrons. The maximum atomic E-state index is 12.3. The molecule has 6 nitrogen and oxygen atoms in total. The third-order valence-corrected chi connectivity index (χ3v) is 5.23. The number of ether oxygens (including phenoxy) is 1. The third-order valence-electron chi connectivity index (χ3n) is 3.47. The average Bonchev–Trinajstić information content (AvgIpc) is 2.33. The molecule has 2 rings (SSSR count). The number of halogens is 1. The summed E-state index contributed by atoms with van der Waals surface area (Å²) >= 11 is 0. The molecule has 2 saturated heterocycles. The van der Waals surface area contributed by atoms with E-state index in [9.17, 15) is 8.42 Å². The van der Waals surface area contributed by atoms with Crippen LogP contribution in [0.5, 0.6) is 0 Å². The van der Waals surface area contributed by atoms with Gasteiger partial charge in [0.05, 0.1) is 12.7 Å². The maximum Gasteiger partial charge on any atom is 0.280 e. The van der Waals surface area contributed by atoms with E-state index in [2.05, 4.69) is 10.0 Å². The van der Waals surface area contributed by atoms with E-state index in [0.29, 0.717) is 19.7 Å². The number of piperidine rings is 1. The molecule has 3 atom stereocenters. The van der Waals surface area contributed by atoms with Gasteiger partial charge in [0.25, 0.3) is 10.2 Å². The zero-order valence-corrected chi connectivity index (χ0v) is 13.1. The zero-order valence-electron chi connectivity index (χ0n) is 11.5. The van der Waals surface area contributed by atoms with Gasteiger partial charge in [0.1, 0.15) is 0 Å². The molecule has 0 spiro atoms. The van der Waals surface area contributed by atoms with E-state index >= 15 is 0 Å². The van der Waals surface area contributed by atoms with Crippen LogP contribution in [0.1, 0.15) is 26.7 Å². The molecule has 0 aromatic carbocycles. The first-order valence-corrected chi connectivity index (χ1v) is 8.04. The topological polar surface area (TPSA) is 70.7 Å². The van der Waals surface area contributed by atoms with Crippen LogP contribution in [0.25, 0.3) is 0 Å². The molecule has 0 radical (unpaired) electrons. The minimum absolute atomic E-state index is 0. The van der Waals surface area contributed by atoms with Gasteiger partial charge in [-0.2, -0.15) is 17.4 Å². The number of rotatable bonds is 3. The lowest BCUT2D eigenvalue weighted by Crippen LogP contribution is -2.57. The van der Waals surface area contributed by atoms with Gasteiger partial charge in [0, 0.05) is 25.2 Å². The highest BCUT2D eigenvalue weighted by Crippen LogP contribution is 2.16. The van der Waals surface area contributed by atoms with Crippen LogP contribution in [-0.2, 0) is 14.9 Å². The number of hydrogen-bond acceptors (Lipinski definition) is 4. The van der Waals surface area contributed by atoms with Gasteiger partial charge in [-0.15, -0.1) is 12.4 Å². The van der Waals surface area contributed by atoms with Crippen LogP contribution >= 0.6 is 12.4 Å². The van der Waals surface area contributed by atoms with Crippen molar-refractivity contribution in [3.8, 4) is 0 Å². The van der Waals surface area contributed by atoms with E-state index in [4.69, 9.17) is 4.74 Å². The van der Waals surface area contributed by atoms with Crippen molar-refractivity contribution in [3.05, 3.63) is 0 Å². The normalized spacial score (nSPS) is 33.7. The highest BCUT2D eigenvalue weighted by atomic mass is 35.5. The Morgan fingerprint density at radius 3 is 2.74 bits per heavy atom. The molecular weight excluding hydrogens is 290 g/mol. The van der Waals surface area contributed by atoms with Gasteiger partial charge in [-0.3, -0.25) is 0 Å². The van der Waals surface area contributed by atoms with Gasteiger partial charge in [0.2, 0.25) is 0 Å². The molecule has 3 unspecified atom stereocenters. The Hall–Kier alpha value is 0.0800. The van der Waals surface area contributed by atoms with Crippen LogP contribution in [0.4, 0.5) is 0 Å². The molecule has 0 aromatic rings. The summed E-state index contributed by atoms with van der Waals surface area (Å²) in [6, 6.07) is -0.0932. The molecule has 0 aromatic heterocycles. The fourth-order valence-electron chi connectivity index (χ4n) is 2.44. The predicted molar refractivity (Wildman–Crippen MR) is 76.8 cm³/mol. The number of hydrogen-bond donors (Lipinski definition) is 2. The van der Waals surface area contributed by atoms with Gasteiger partial charge >= 0.3 is 0 Å². The summed E-state index contributed by atoms with van der Waals surface area (Å²) in [5.74, 6) is 0. The van der Waals surface area contributed by atoms with Crippen LogP contribution in [0.15, 0.2) is 0 Å². The van der Waals surface area contributed by atoms with Crippen LogP contribution in [-0.4, -0.2) is 57.2 Å². The minimum atomic E-state index is -3.40. The van der Waals surface area contributed by atoms with Crippen molar-refractivity contribution in [3.63, 3.8) is 0 Å². The number of morpholine rings is 1. The summed E-state index contributed by atoms with van der Waals surface area (Å²) < 4.78 is 34.5. The monoisotopic (exact) mass is 313 g/mol. The van der Waals surface area contributed by atoms with Crippen molar-refractivity contribution < 1.29 is 13.2 Å². The van der Waals surface area contributed by atoms with E-state index in [1.807, 2.05) is 13.8 Å². The second-order valence-electron chi connectivity index (χ2n) is 5.23. The Morgan fingerprint density at radius 1 is 1.37 bits per heavy atom. The molecular formula is C11H24ClN3O3S. The Morgan fingerprint density at radius 2 is 2.11 bits per heavy atom. The fourth-order valence-corrected chi connectivity index (χ4v) is 4.14. The summed E-state index contributed by atoms with van der Waals surface area (Å²) in [6.07, 6.45) is 1.88. The van der Waals surface area contributed by atoms with Crippen molar-refractivity contribution in [2.45, 2.75) is 44.9 Å². The molecule has 19 heavy (non-hydrogen) atoms. The van der Waals surface area contributed by atoms with Gasteiger partial charge < -0.3 is 10.1 Å². The summed E-state index contributed by atoms with van der Waals surface area (Å²) in [5, 5.41) is 3.21. The Kier molecular flexibility index (Phi) is 6.49. The third kappa shape index (κ3) is 4.54. The van der Waals surface area contributed by atoms with Gasteiger partial charge in [-0.25, -0.2) is 0 Å². The smallest absolute Gasteiger partial charge is 0.280 e. The first-order chi connectivity index (χ1) is 8.49. The molecule has 2 heterocycles. The zero-order chi connectivity index (χ0) is 13.2. The summed E-state index contributed by atoms with van der Waals surface area (Å²) in [5.41, 5.74) is 0. The highest BCUT2D eigenvalue weighted by Gasteiger charge is 2.34. The molecule has 0 amide bonds. The minimum Gasteiger partial charge on any atom is -0.375 e. The molecule has 0 aliphatic carbocycles. The summed E-state index contributed by atoms with van der Waals surface area (Å²) in [7, 11) is -3.40. The van der Waals surface area contributed by atoms with Crippen molar-refractivity contribution in [2.75, 3.05) is 26.2 Å². The molecule has 0 bridgehead atoms. The van der Waals surface area contributed by atoms with E-state index in [1.54, 1.807) is 0 Å². The first-order valence-electron chi connectivity index (χ1n) is 6.60. The van der Waals surface area contributed by atoms with Crippen molar-refractivity contribution >= 4 is 22.6 Å². The number of nitrogens with zero attached hydrogens (tertiary/aromatic N) is 1. The fraction of sp³-hybridized carbons (Fsp3) is 1.00. The SMILES string of the molecule is CC1CN(S(=O)(=O)NC2CCCNC2)C(C)CO1.Cl. The molecule has 8 heteroatoms. The van der Waals surface area contributed by atoms with Crippen molar-refractivity contribution in [1.29, 1.82) is 0 Å². The van der Waals surface area contributed by atoms with Crippen molar-refractivity contribution in [2.24, 2.45) is 0 Å². The average molecular weight is 314 g/mol. The lowest BCUT2D eigenvalue weighted by Gasteiger charge is -2.37. The summed E-state index contributed by atoms with van der Waals surface area (Å²) in [4.78, 5) is 0. The highest BCUT2D eigenvalue weighted by molar-refractivity contribution is 7.87. The first kappa shape index (κ1) is 17.1. The number of nitrogens with one attached hydrogen (secondary N) is 2. The maximum absolute atomic E-state index is 12.3. The Balaban J connectivity index is 0.00000180. The second-order valence-corrected chi connectivity index (χ2v) is 6.88. The van der Waals surface area contributed by atoms with Crippen LogP contribution < -0.4 is 10.0 Å². The Labute approximate surface area is 121 Å². The van der Waals surface area contributed by atoms with Gasteiger partial charge in [-0.05, 0) is 33.2 Å².